The highest BCUT2D eigenvalue weighted by atomic mass is 16.2. The molecule has 152 valence electrons. The summed E-state index contributed by atoms with van der Waals surface area (Å²) in [5, 5.41) is 0. The highest BCUT2D eigenvalue weighted by Crippen LogP contribution is 2.36. The zero-order valence-electron chi connectivity index (χ0n) is 17.2. The summed E-state index contributed by atoms with van der Waals surface area (Å²) in [4.78, 5) is 29.3. The fourth-order valence-corrected chi connectivity index (χ4v) is 3.87. The van der Waals surface area contributed by atoms with Crippen molar-refractivity contribution in [2.45, 2.75) is 32.4 Å². The van der Waals surface area contributed by atoms with E-state index in [0.29, 0.717) is 17.9 Å². The molecule has 0 aromatic heterocycles. The summed E-state index contributed by atoms with van der Waals surface area (Å²) in [6, 6.07) is 24.9. The van der Waals surface area contributed by atoms with Crippen LogP contribution >= 0.6 is 0 Å². The molecule has 1 aliphatic rings. The van der Waals surface area contributed by atoms with Crippen LogP contribution in [-0.4, -0.2) is 22.4 Å². The Balaban J connectivity index is 1.66. The third kappa shape index (κ3) is 3.43. The number of benzene rings is 3. The molecule has 0 radical (unpaired) electrons. The van der Waals surface area contributed by atoms with Crippen molar-refractivity contribution in [3.8, 4) is 0 Å². The molecule has 1 heterocycles. The topological polar surface area (TPSA) is 66.6 Å². The van der Waals surface area contributed by atoms with Crippen LogP contribution in [0.3, 0.4) is 0 Å². The molecule has 5 heteroatoms. The van der Waals surface area contributed by atoms with Gasteiger partial charge < -0.3 is 10.6 Å². The van der Waals surface area contributed by atoms with Gasteiger partial charge in [-0.1, -0.05) is 66.7 Å². The van der Waals surface area contributed by atoms with Crippen LogP contribution in [0, 0.1) is 0 Å². The van der Waals surface area contributed by atoms with E-state index >= 15 is 0 Å². The molecule has 0 atom stereocenters. The van der Waals surface area contributed by atoms with Crippen molar-refractivity contribution >= 4 is 23.3 Å². The van der Waals surface area contributed by atoms with Crippen molar-refractivity contribution in [2.24, 2.45) is 0 Å². The molecule has 4 rings (SSSR count). The Labute approximate surface area is 176 Å². The van der Waals surface area contributed by atoms with Gasteiger partial charge in [0.05, 0.1) is 11.4 Å². The maximum Gasteiger partial charge on any atom is 0.332 e. The van der Waals surface area contributed by atoms with Gasteiger partial charge in [0.25, 0.3) is 5.91 Å². The molecule has 3 amide bonds. The number of amides is 3. The lowest BCUT2D eigenvalue weighted by molar-refractivity contribution is -0.123. The van der Waals surface area contributed by atoms with Crippen LogP contribution in [-0.2, 0) is 17.8 Å². The van der Waals surface area contributed by atoms with Gasteiger partial charge in [0, 0.05) is 6.54 Å². The fourth-order valence-electron chi connectivity index (χ4n) is 3.87. The van der Waals surface area contributed by atoms with Crippen molar-refractivity contribution in [1.29, 1.82) is 0 Å². The number of nitrogens with zero attached hydrogens (tertiary/aromatic N) is 2. The van der Waals surface area contributed by atoms with Crippen molar-refractivity contribution < 1.29 is 9.59 Å². The quantitative estimate of drug-likeness (QED) is 0.503. The number of hydrogen-bond acceptors (Lipinski definition) is 3. The molecule has 0 bridgehead atoms. The number of rotatable bonds is 5. The zero-order valence-corrected chi connectivity index (χ0v) is 17.2. The predicted molar refractivity (Wildman–Crippen MR) is 119 cm³/mol. The van der Waals surface area contributed by atoms with Gasteiger partial charge in [-0.2, -0.15) is 0 Å². The zero-order chi connectivity index (χ0) is 21.3. The van der Waals surface area contributed by atoms with Gasteiger partial charge in [-0.3, -0.25) is 4.79 Å². The maximum atomic E-state index is 13.3. The average molecular weight is 399 g/mol. The average Bonchev–Trinajstić information content (AvgIpc) is 2.90. The second kappa shape index (κ2) is 7.67. The Morgan fingerprint density at radius 1 is 0.800 bits per heavy atom. The van der Waals surface area contributed by atoms with Crippen molar-refractivity contribution in [3.63, 3.8) is 0 Å². The van der Waals surface area contributed by atoms with E-state index in [2.05, 4.69) is 18.2 Å². The van der Waals surface area contributed by atoms with Gasteiger partial charge in [0.15, 0.2) is 0 Å². The van der Waals surface area contributed by atoms with Crippen LogP contribution in [0.15, 0.2) is 78.9 Å². The predicted octanol–water partition coefficient (Wildman–Crippen LogP) is 4.61. The third-order valence-corrected chi connectivity index (χ3v) is 5.69. The molecule has 0 unspecified atom stereocenters. The summed E-state index contributed by atoms with van der Waals surface area (Å²) < 4.78 is 0. The van der Waals surface area contributed by atoms with Crippen LogP contribution in [0.1, 0.15) is 30.5 Å². The lowest BCUT2D eigenvalue weighted by Crippen LogP contribution is -2.43. The molecule has 1 aliphatic heterocycles. The Morgan fingerprint density at radius 3 is 2.10 bits per heavy atom. The molecule has 1 saturated heterocycles. The number of imide groups is 1. The number of carbonyl (C=O) groups is 2. The summed E-state index contributed by atoms with van der Waals surface area (Å²) in [6.45, 7) is 3.92. The van der Waals surface area contributed by atoms with Crippen LogP contribution in [0.25, 0.3) is 0 Å². The normalized spacial score (nSPS) is 15.7. The molecule has 0 spiro atoms. The minimum atomic E-state index is -0.973. The van der Waals surface area contributed by atoms with E-state index in [1.807, 2.05) is 36.4 Å². The third-order valence-electron chi connectivity index (χ3n) is 5.69. The SMILES string of the molecule is CC1(C)C(=O)N(c2ccccc2N)C(=O)N1Cc1ccccc1Cc1ccccc1. The van der Waals surface area contributed by atoms with E-state index in [0.717, 1.165) is 17.5 Å². The van der Waals surface area contributed by atoms with E-state index in [4.69, 9.17) is 5.73 Å². The van der Waals surface area contributed by atoms with E-state index < -0.39 is 5.54 Å². The van der Waals surface area contributed by atoms with Crippen LogP contribution in [0.2, 0.25) is 0 Å². The van der Waals surface area contributed by atoms with E-state index in [-0.39, 0.29) is 11.9 Å². The molecule has 0 aliphatic carbocycles. The standard InChI is InChI=1S/C25H25N3O2/c1-25(2)23(29)28(22-15-9-8-14-21(22)26)24(30)27(25)17-20-13-7-6-12-19(20)16-18-10-4-3-5-11-18/h3-15H,16-17,26H2,1-2H3. The monoisotopic (exact) mass is 399 g/mol. The highest BCUT2D eigenvalue weighted by Gasteiger charge is 2.52. The minimum Gasteiger partial charge on any atom is -0.397 e. The second-order valence-electron chi connectivity index (χ2n) is 8.06. The van der Waals surface area contributed by atoms with Gasteiger partial charge in [0.2, 0.25) is 0 Å². The Bertz CT molecular complexity index is 1090. The fraction of sp³-hybridized carbons (Fsp3) is 0.200. The molecule has 1 fully saturated rings. The van der Waals surface area contributed by atoms with Gasteiger partial charge >= 0.3 is 6.03 Å². The molecular weight excluding hydrogens is 374 g/mol. The Morgan fingerprint density at radius 2 is 1.40 bits per heavy atom. The number of nitrogens with two attached hydrogens (primary N) is 1. The van der Waals surface area contributed by atoms with Crippen molar-refractivity contribution in [2.75, 3.05) is 10.6 Å². The maximum absolute atomic E-state index is 13.3. The summed E-state index contributed by atoms with van der Waals surface area (Å²) in [7, 11) is 0. The van der Waals surface area contributed by atoms with E-state index in [1.165, 1.54) is 10.5 Å². The number of urea groups is 1. The largest absolute Gasteiger partial charge is 0.397 e. The lowest BCUT2D eigenvalue weighted by Gasteiger charge is -2.28. The molecule has 30 heavy (non-hydrogen) atoms. The number of anilines is 2. The summed E-state index contributed by atoms with van der Waals surface area (Å²) in [6.07, 6.45) is 0.767. The highest BCUT2D eigenvalue weighted by molar-refractivity contribution is 6.24. The molecule has 0 saturated carbocycles. The minimum absolute atomic E-state index is 0.272. The summed E-state index contributed by atoms with van der Waals surface area (Å²) in [5.74, 6) is -0.272. The van der Waals surface area contributed by atoms with Gasteiger partial charge in [-0.25, -0.2) is 9.69 Å². The second-order valence-corrected chi connectivity index (χ2v) is 8.06. The van der Waals surface area contributed by atoms with Crippen molar-refractivity contribution in [1.82, 2.24) is 4.90 Å². The number of hydrogen-bond donors (Lipinski definition) is 1. The van der Waals surface area contributed by atoms with Crippen LogP contribution < -0.4 is 10.6 Å². The lowest BCUT2D eigenvalue weighted by atomic mass is 9.97. The van der Waals surface area contributed by atoms with Gasteiger partial charge in [0.1, 0.15) is 5.54 Å². The first-order valence-corrected chi connectivity index (χ1v) is 10.0. The molecule has 3 aromatic carbocycles. The van der Waals surface area contributed by atoms with Gasteiger partial charge in [-0.15, -0.1) is 0 Å². The number of para-hydroxylation sites is 2. The molecule has 2 N–H and O–H groups in total. The molecular formula is C25H25N3O2. The van der Waals surface area contributed by atoms with Crippen LogP contribution in [0.5, 0.6) is 0 Å². The number of carbonyl (C=O) groups excluding carboxylic acids is 2. The summed E-state index contributed by atoms with van der Waals surface area (Å²) in [5.41, 5.74) is 9.28. The first-order chi connectivity index (χ1) is 14.4. The Hall–Kier alpha value is -3.60. The first kappa shape index (κ1) is 19.7. The smallest absolute Gasteiger partial charge is 0.332 e. The Kier molecular flexibility index (Phi) is 5.04. The number of nitrogen functional groups attached to an aromatic ring is 1. The molecule has 5 nitrogen and oxygen atoms in total. The van der Waals surface area contributed by atoms with Crippen LogP contribution in [0.4, 0.5) is 16.2 Å². The first-order valence-electron chi connectivity index (χ1n) is 10.0. The summed E-state index contributed by atoms with van der Waals surface area (Å²) >= 11 is 0. The molecule has 3 aromatic rings. The van der Waals surface area contributed by atoms with E-state index in [1.54, 1.807) is 43.0 Å². The van der Waals surface area contributed by atoms with Crippen molar-refractivity contribution in [3.05, 3.63) is 95.6 Å². The van der Waals surface area contributed by atoms with Gasteiger partial charge in [-0.05, 0) is 49.1 Å². The van der Waals surface area contributed by atoms with E-state index in [9.17, 15) is 9.59 Å².